The molecular weight excluding hydrogens is 282 g/mol. The second kappa shape index (κ2) is 9.78. The van der Waals surface area contributed by atoms with Crippen molar-refractivity contribution in [2.24, 2.45) is 0 Å². The van der Waals surface area contributed by atoms with Crippen LogP contribution in [0.1, 0.15) is 30.6 Å². The number of rotatable bonds is 9. The topological polar surface area (TPSA) is 79.5 Å². The van der Waals surface area contributed by atoms with Crippen LogP contribution in [0.25, 0.3) is 0 Å². The number of methoxy groups -OCH3 is 1. The number of carbonyl (C=O) groups is 2. The van der Waals surface area contributed by atoms with Gasteiger partial charge in [-0.25, -0.2) is 0 Å². The number of anilines is 1. The second-order valence-electron chi connectivity index (χ2n) is 5.06. The zero-order valence-electron chi connectivity index (χ0n) is 13.4. The molecule has 1 atom stereocenters. The summed E-state index contributed by atoms with van der Waals surface area (Å²) in [4.78, 5) is 23.6. The maximum atomic E-state index is 12.0. The average molecular weight is 307 g/mol. The predicted octanol–water partition coefficient (Wildman–Crippen LogP) is 1.39. The molecule has 0 spiro atoms. The molecule has 1 aromatic rings. The van der Waals surface area contributed by atoms with Crippen LogP contribution < -0.4 is 16.0 Å². The van der Waals surface area contributed by atoms with Gasteiger partial charge in [-0.2, -0.15) is 0 Å². The molecule has 0 aliphatic rings. The Morgan fingerprint density at radius 2 is 2.09 bits per heavy atom. The molecule has 0 aliphatic carbocycles. The van der Waals surface area contributed by atoms with E-state index in [4.69, 9.17) is 4.74 Å². The molecule has 1 rings (SSSR count). The molecule has 0 aliphatic heterocycles. The van der Waals surface area contributed by atoms with E-state index in [1.807, 2.05) is 19.9 Å². The molecule has 0 radical (unpaired) electrons. The molecule has 0 saturated heterocycles. The van der Waals surface area contributed by atoms with Crippen molar-refractivity contribution in [3.05, 3.63) is 29.8 Å². The molecule has 22 heavy (non-hydrogen) atoms. The van der Waals surface area contributed by atoms with Gasteiger partial charge in [-0.1, -0.05) is 13.0 Å². The summed E-state index contributed by atoms with van der Waals surface area (Å²) >= 11 is 0. The SMILES string of the molecule is CCC(C)NC(=O)c1cccc(NCC(=O)NCCOC)c1. The highest BCUT2D eigenvalue weighted by molar-refractivity contribution is 5.95. The average Bonchev–Trinajstić information content (AvgIpc) is 2.53. The van der Waals surface area contributed by atoms with E-state index in [-0.39, 0.29) is 24.4 Å². The molecule has 0 aromatic heterocycles. The van der Waals surface area contributed by atoms with Gasteiger partial charge in [0.2, 0.25) is 5.91 Å². The highest BCUT2D eigenvalue weighted by atomic mass is 16.5. The third-order valence-corrected chi connectivity index (χ3v) is 3.20. The molecular formula is C16H25N3O3. The van der Waals surface area contributed by atoms with Gasteiger partial charge < -0.3 is 20.7 Å². The van der Waals surface area contributed by atoms with Crippen LogP contribution in [0, 0.1) is 0 Å². The smallest absolute Gasteiger partial charge is 0.251 e. The first-order valence-electron chi connectivity index (χ1n) is 7.47. The van der Waals surface area contributed by atoms with E-state index in [1.165, 1.54) is 0 Å². The van der Waals surface area contributed by atoms with Crippen LogP contribution in [0.3, 0.4) is 0 Å². The molecule has 6 heteroatoms. The van der Waals surface area contributed by atoms with E-state index in [0.717, 1.165) is 12.1 Å². The summed E-state index contributed by atoms with van der Waals surface area (Å²) in [7, 11) is 1.58. The monoisotopic (exact) mass is 307 g/mol. The molecule has 122 valence electrons. The Hall–Kier alpha value is -2.08. The lowest BCUT2D eigenvalue weighted by molar-refractivity contribution is -0.119. The Morgan fingerprint density at radius 1 is 1.32 bits per heavy atom. The van der Waals surface area contributed by atoms with Crippen LogP contribution >= 0.6 is 0 Å². The summed E-state index contributed by atoms with van der Waals surface area (Å²) in [6.07, 6.45) is 0.880. The molecule has 0 saturated carbocycles. The lowest BCUT2D eigenvalue weighted by atomic mass is 10.1. The van der Waals surface area contributed by atoms with E-state index in [9.17, 15) is 9.59 Å². The first-order chi connectivity index (χ1) is 10.6. The molecule has 1 aromatic carbocycles. The summed E-state index contributed by atoms with van der Waals surface area (Å²) in [6, 6.07) is 7.23. The van der Waals surface area contributed by atoms with E-state index in [0.29, 0.717) is 18.7 Å². The Labute approximate surface area is 131 Å². The summed E-state index contributed by atoms with van der Waals surface area (Å²) in [6.45, 7) is 5.10. The van der Waals surface area contributed by atoms with Crippen molar-refractivity contribution in [3.63, 3.8) is 0 Å². The van der Waals surface area contributed by atoms with Gasteiger partial charge in [0.1, 0.15) is 0 Å². The number of carbonyl (C=O) groups excluding carboxylic acids is 2. The first kappa shape index (κ1) is 18.0. The van der Waals surface area contributed by atoms with Gasteiger partial charge in [0.25, 0.3) is 5.91 Å². The summed E-state index contributed by atoms with van der Waals surface area (Å²) in [5, 5.41) is 8.63. The van der Waals surface area contributed by atoms with E-state index >= 15 is 0 Å². The molecule has 1 unspecified atom stereocenters. The maximum absolute atomic E-state index is 12.0. The quantitative estimate of drug-likeness (QED) is 0.602. The minimum Gasteiger partial charge on any atom is -0.383 e. The van der Waals surface area contributed by atoms with Crippen molar-refractivity contribution in [1.82, 2.24) is 10.6 Å². The summed E-state index contributed by atoms with van der Waals surface area (Å²) in [5.41, 5.74) is 1.31. The van der Waals surface area contributed by atoms with Crippen molar-refractivity contribution >= 4 is 17.5 Å². The highest BCUT2D eigenvalue weighted by Gasteiger charge is 2.09. The highest BCUT2D eigenvalue weighted by Crippen LogP contribution is 2.10. The second-order valence-corrected chi connectivity index (χ2v) is 5.06. The summed E-state index contributed by atoms with van der Waals surface area (Å²) in [5.74, 6) is -0.228. The van der Waals surface area contributed by atoms with Gasteiger partial charge in [-0.15, -0.1) is 0 Å². The van der Waals surface area contributed by atoms with Crippen molar-refractivity contribution in [2.75, 3.05) is 32.1 Å². The van der Waals surface area contributed by atoms with Crippen LogP contribution in [0.15, 0.2) is 24.3 Å². The fraction of sp³-hybridized carbons (Fsp3) is 0.500. The third-order valence-electron chi connectivity index (χ3n) is 3.20. The van der Waals surface area contributed by atoms with Crippen LogP contribution in [-0.2, 0) is 9.53 Å². The third kappa shape index (κ3) is 6.58. The molecule has 6 nitrogen and oxygen atoms in total. The number of amides is 2. The van der Waals surface area contributed by atoms with Gasteiger partial charge in [-0.05, 0) is 31.5 Å². The number of benzene rings is 1. The van der Waals surface area contributed by atoms with E-state index in [1.54, 1.807) is 25.3 Å². The fourth-order valence-electron chi connectivity index (χ4n) is 1.72. The number of nitrogens with one attached hydrogen (secondary N) is 3. The van der Waals surface area contributed by atoms with Crippen LogP contribution in [-0.4, -0.2) is 44.7 Å². The predicted molar refractivity (Wildman–Crippen MR) is 87.0 cm³/mol. The van der Waals surface area contributed by atoms with Gasteiger partial charge in [0.15, 0.2) is 0 Å². The first-order valence-corrected chi connectivity index (χ1v) is 7.47. The van der Waals surface area contributed by atoms with E-state index in [2.05, 4.69) is 16.0 Å². The Kier molecular flexibility index (Phi) is 7.99. The Balaban J connectivity index is 2.50. The van der Waals surface area contributed by atoms with Gasteiger partial charge >= 0.3 is 0 Å². The lowest BCUT2D eigenvalue weighted by Gasteiger charge is -2.12. The fourth-order valence-corrected chi connectivity index (χ4v) is 1.72. The number of ether oxygens (including phenoxy) is 1. The summed E-state index contributed by atoms with van der Waals surface area (Å²) < 4.78 is 4.86. The van der Waals surface area contributed by atoms with Crippen LogP contribution in [0.2, 0.25) is 0 Å². The normalized spacial score (nSPS) is 11.6. The number of hydrogen-bond acceptors (Lipinski definition) is 4. The standard InChI is InChI=1S/C16H25N3O3/c1-4-12(2)19-16(21)13-6-5-7-14(10-13)18-11-15(20)17-8-9-22-3/h5-7,10,12,18H,4,8-9,11H2,1-3H3,(H,17,20)(H,19,21). The Morgan fingerprint density at radius 3 is 2.77 bits per heavy atom. The Bertz CT molecular complexity index is 491. The minimum atomic E-state index is -0.119. The van der Waals surface area contributed by atoms with Gasteiger partial charge in [-0.3, -0.25) is 9.59 Å². The van der Waals surface area contributed by atoms with Crippen molar-refractivity contribution in [3.8, 4) is 0 Å². The van der Waals surface area contributed by atoms with Crippen LogP contribution in [0.5, 0.6) is 0 Å². The largest absolute Gasteiger partial charge is 0.383 e. The molecule has 0 fully saturated rings. The van der Waals surface area contributed by atoms with Crippen LogP contribution in [0.4, 0.5) is 5.69 Å². The lowest BCUT2D eigenvalue weighted by Crippen LogP contribution is -2.32. The van der Waals surface area contributed by atoms with Crippen molar-refractivity contribution in [1.29, 1.82) is 0 Å². The van der Waals surface area contributed by atoms with Crippen molar-refractivity contribution in [2.45, 2.75) is 26.3 Å². The zero-order chi connectivity index (χ0) is 16.4. The van der Waals surface area contributed by atoms with E-state index < -0.39 is 0 Å². The zero-order valence-corrected chi connectivity index (χ0v) is 13.4. The minimum absolute atomic E-state index is 0.109. The number of hydrogen-bond donors (Lipinski definition) is 3. The molecule has 3 N–H and O–H groups in total. The van der Waals surface area contributed by atoms with Gasteiger partial charge in [0, 0.05) is 30.9 Å². The maximum Gasteiger partial charge on any atom is 0.251 e. The van der Waals surface area contributed by atoms with Gasteiger partial charge in [0.05, 0.1) is 13.2 Å². The molecule has 2 amide bonds. The molecule has 0 heterocycles. The van der Waals surface area contributed by atoms with Crippen molar-refractivity contribution < 1.29 is 14.3 Å². The molecule has 0 bridgehead atoms.